The Hall–Kier alpha value is -2.08. The van der Waals surface area contributed by atoms with Crippen LogP contribution in [0.25, 0.3) is 0 Å². The highest BCUT2D eigenvalue weighted by Gasteiger charge is 2.18. The van der Waals surface area contributed by atoms with Crippen molar-refractivity contribution in [2.24, 2.45) is 5.92 Å². The molecule has 6 nitrogen and oxygen atoms in total. The first kappa shape index (κ1) is 21.0. The van der Waals surface area contributed by atoms with Gasteiger partial charge in [-0.3, -0.25) is 9.59 Å². The van der Waals surface area contributed by atoms with Gasteiger partial charge in [-0.2, -0.15) is 0 Å². The lowest BCUT2D eigenvalue weighted by Crippen LogP contribution is -2.43. The fraction of sp³-hybridized carbons (Fsp3) is 0.579. The average Bonchev–Trinajstić information content (AvgIpc) is 2.54. The molecule has 0 radical (unpaired) electrons. The molecule has 2 amide bonds. The van der Waals surface area contributed by atoms with Gasteiger partial charge in [0.15, 0.2) is 0 Å². The van der Waals surface area contributed by atoms with Gasteiger partial charge in [-0.25, -0.2) is 0 Å². The van der Waals surface area contributed by atoms with Crippen LogP contribution in [-0.2, 0) is 9.59 Å². The van der Waals surface area contributed by atoms with Crippen molar-refractivity contribution in [3.05, 3.63) is 29.8 Å². The number of nitrogens with one attached hydrogen (secondary N) is 2. The second kappa shape index (κ2) is 10.0. The first-order valence-corrected chi connectivity index (χ1v) is 8.72. The predicted octanol–water partition coefficient (Wildman–Crippen LogP) is 1.63. The highest BCUT2D eigenvalue weighted by molar-refractivity contribution is 6.35. The van der Waals surface area contributed by atoms with Crippen LogP contribution in [0, 0.1) is 5.92 Å². The zero-order valence-electron chi connectivity index (χ0n) is 16.3. The van der Waals surface area contributed by atoms with Gasteiger partial charge in [-0.1, -0.05) is 26.0 Å². The van der Waals surface area contributed by atoms with Crippen LogP contribution in [0.15, 0.2) is 24.3 Å². The van der Waals surface area contributed by atoms with Crippen LogP contribution >= 0.6 is 0 Å². The molecule has 6 heteroatoms. The molecule has 0 saturated heterocycles. The van der Waals surface area contributed by atoms with Gasteiger partial charge in [0, 0.05) is 32.9 Å². The third kappa shape index (κ3) is 7.13. The summed E-state index contributed by atoms with van der Waals surface area (Å²) in [5, 5.41) is 5.39. The van der Waals surface area contributed by atoms with E-state index in [1.165, 1.54) is 0 Å². The molecular weight excluding hydrogens is 316 g/mol. The first-order chi connectivity index (χ1) is 11.7. The molecule has 0 unspecified atom stereocenters. The summed E-state index contributed by atoms with van der Waals surface area (Å²) in [6.07, 6.45) is 0.859. The lowest BCUT2D eigenvalue weighted by atomic mass is 10.1. The van der Waals surface area contributed by atoms with E-state index in [0.717, 1.165) is 17.7 Å². The van der Waals surface area contributed by atoms with Crippen molar-refractivity contribution in [3.63, 3.8) is 0 Å². The van der Waals surface area contributed by atoms with Crippen LogP contribution in [0.5, 0.6) is 0 Å². The lowest BCUT2D eigenvalue weighted by molar-refractivity contribution is -0.139. The molecule has 0 bridgehead atoms. The van der Waals surface area contributed by atoms with Crippen molar-refractivity contribution in [1.82, 2.24) is 15.5 Å². The zero-order chi connectivity index (χ0) is 19.0. The molecule has 1 aromatic carbocycles. The number of carbonyl (C=O) groups excluding carboxylic acids is 2. The number of likely N-dealkylation sites (N-methyl/N-ethyl adjacent to an activating group) is 1. The van der Waals surface area contributed by atoms with Crippen LogP contribution < -0.4 is 15.5 Å². The molecule has 2 N–H and O–H groups in total. The third-order valence-electron chi connectivity index (χ3n) is 4.09. The Bertz CT molecular complexity index is 553. The van der Waals surface area contributed by atoms with Crippen LogP contribution in [0.3, 0.4) is 0 Å². The Balaban J connectivity index is 2.60. The molecule has 1 aromatic rings. The average molecular weight is 348 g/mol. The van der Waals surface area contributed by atoms with Crippen LogP contribution in [0.2, 0.25) is 0 Å². The third-order valence-corrected chi connectivity index (χ3v) is 4.09. The Morgan fingerprint density at radius 1 is 0.960 bits per heavy atom. The molecule has 0 heterocycles. The highest BCUT2D eigenvalue weighted by atomic mass is 16.2. The van der Waals surface area contributed by atoms with E-state index in [1.54, 1.807) is 0 Å². The summed E-state index contributed by atoms with van der Waals surface area (Å²) in [5.41, 5.74) is 2.21. The molecular formula is C19H32N4O2. The summed E-state index contributed by atoms with van der Waals surface area (Å²) in [6.45, 7) is 5.06. The molecule has 25 heavy (non-hydrogen) atoms. The summed E-state index contributed by atoms with van der Waals surface area (Å²) in [5.74, 6) is -0.659. The van der Waals surface area contributed by atoms with Crippen LogP contribution in [0.4, 0.5) is 5.69 Å². The van der Waals surface area contributed by atoms with Gasteiger partial charge in [0.1, 0.15) is 0 Å². The summed E-state index contributed by atoms with van der Waals surface area (Å²) < 4.78 is 0. The van der Waals surface area contributed by atoms with Gasteiger partial charge < -0.3 is 20.4 Å². The summed E-state index contributed by atoms with van der Waals surface area (Å²) >= 11 is 0. The van der Waals surface area contributed by atoms with E-state index in [9.17, 15) is 9.59 Å². The molecule has 140 valence electrons. The maximum absolute atomic E-state index is 12.0. The van der Waals surface area contributed by atoms with Gasteiger partial charge in [-0.15, -0.1) is 0 Å². The Morgan fingerprint density at radius 3 is 2.00 bits per heavy atom. The highest BCUT2D eigenvalue weighted by Crippen LogP contribution is 2.20. The smallest absolute Gasteiger partial charge is 0.309 e. The summed E-state index contributed by atoms with van der Waals surface area (Å²) in [4.78, 5) is 27.9. The molecule has 0 spiro atoms. The second-order valence-electron chi connectivity index (χ2n) is 7.11. The van der Waals surface area contributed by atoms with E-state index in [4.69, 9.17) is 0 Å². The second-order valence-corrected chi connectivity index (χ2v) is 7.11. The predicted molar refractivity (Wildman–Crippen MR) is 103 cm³/mol. The molecule has 0 aromatic heterocycles. The number of rotatable bonds is 8. The fourth-order valence-electron chi connectivity index (χ4n) is 2.42. The standard InChI is InChI=1S/C19H32N4O2/c1-14(2)11-12-20-18(24)19(25)21-13-17(23(5)6)15-7-9-16(10-8-15)22(3)4/h7-10,14,17H,11-13H2,1-6H3,(H,20,24)(H,21,25)/t17-/m1/s1. The SMILES string of the molecule is CC(C)CCNC(=O)C(=O)NC[C@H](c1ccc(N(C)C)cc1)N(C)C. The minimum Gasteiger partial charge on any atom is -0.378 e. The van der Waals surface area contributed by atoms with Crippen molar-refractivity contribution in [3.8, 4) is 0 Å². The maximum atomic E-state index is 12.0. The van der Waals surface area contributed by atoms with Gasteiger partial charge in [0.2, 0.25) is 0 Å². The largest absolute Gasteiger partial charge is 0.378 e. The molecule has 0 saturated carbocycles. The number of benzene rings is 1. The minimum atomic E-state index is -0.583. The number of amides is 2. The van der Waals surface area contributed by atoms with Crippen LogP contribution in [-0.4, -0.2) is 58.0 Å². The van der Waals surface area contributed by atoms with E-state index in [0.29, 0.717) is 19.0 Å². The van der Waals surface area contributed by atoms with Gasteiger partial charge in [0.25, 0.3) is 0 Å². The minimum absolute atomic E-state index is 0.00336. The fourth-order valence-corrected chi connectivity index (χ4v) is 2.42. The maximum Gasteiger partial charge on any atom is 0.309 e. The van der Waals surface area contributed by atoms with Crippen LogP contribution in [0.1, 0.15) is 31.9 Å². The van der Waals surface area contributed by atoms with Gasteiger partial charge in [-0.05, 0) is 44.1 Å². The molecule has 1 atom stereocenters. The van der Waals surface area contributed by atoms with Crippen molar-refractivity contribution in [2.75, 3.05) is 46.2 Å². The monoisotopic (exact) mass is 348 g/mol. The van der Waals surface area contributed by atoms with Gasteiger partial charge >= 0.3 is 11.8 Å². The van der Waals surface area contributed by atoms with Crippen molar-refractivity contribution < 1.29 is 9.59 Å². The number of anilines is 1. The molecule has 0 aliphatic rings. The topological polar surface area (TPSA) is 64.7 Å². The number of carbonyl (C=O) groups is 2. The normalized spacial score (nSPS) is 12.2. The van der Waals surface area contributed by atoms with Gasteiger partial charge in [0.05, 0.1) is 6.04 Å². The number of hydrogen-bond acceptors (Lipinski definition) is 4. The molecule has 0 fully saturated rings. The Labute approximate surface area is 151 Å². The quantitative estimate of drug-likeness (QED) is 0.701. The zero-order valence-corrected chi connectivity index (χ0v) is 16.3. The summed E-state index contributed by atoms with van der Waals surface area (Å²) in [7, 11) is 7.91. The lowest BCUT2D eigenvalue weighted by Gasteiger charge is -2.25. The van der Waals surface area contributed by atoms with E-state index in [2.05, 4.69) is 36.6 Å². The number of hydrogen-bond donors (Lipinski definition) is 2. The molecule has 0 aliphatic heterocycles. The van der Waals surface area contributed by atoms with E-state index < -0.39 is 11.8 Å². The Kier molecular flexibility index (Phi) is 8.41. The Morgan fingerprint density at radius 2 is 1.52 bits per heavy atom. The number of nitrogens with zero attached hydrogens (tertiary/aromatic N) is 2. The van der Waals surface area contributed by atoms with Crippen molar-refractivity contribution >= 4 is 17.5 Å². The van der Waals surface area contributed by atoms with E-state index in [-0.39, 0.29) is 6.04 Å². The van der Waals surface area contributed by atoms with Crippen molar-refractivity contribution in [1.29, 1.82) is 0 Å². The molecule has 0 aliphatic carbocycles. The first-order valence-electron chi connectivity index (χ1n) is 8.72. The summed E-state index contributed by atoms with van der Waals surface area (Å²) in [6, 6.07) is 8.20. The molecule has 1 rings (SSSR count). The van der Waals surface area contributed by atoms with Crippen molar-refractivity contribution in [2.45, 2.75) is 26.3 Å². The van der Waals surface area contributed by atoms with E-state index in [1.807, 2.05) is 50.1 Å². The van der Waals surface area contributed by atoms with E-state index >= 15 is 0 Å².